The van der Waals surface area contributed by atoms with Crippen LogP contribution in [0.3, 0.4) is 0 Å². The molecule has 0 aliphatic heterocycles. The average molecular weight is 437 g/mol. The third-order valence-electron chi connectivity index (χ3n) is 5.34. The summed E-state index contributed by atoms with van der Waals surface area (Å²) in [6, 6.07) is 21.4. The molecule has 1 amide bonds. The summed E-state index contributed by atoms with van der Waals surface area (Å²) in [7, 11) is 0. The highest BCUT2D eigenvalue weighted by Crippen LogP contribution is 2.31. The van der Waals surface area contributed by atoms with Gasteiger partial charge in [0.2, 0.25) is 0 Å². The van der Waals surface area contributed by atoms with E-state index in [-0.39, 0.29) is 17.4 Å². The Morgan fingerprint density at radius 3 is 2.64 bits per heavy atom. The Morgan fingerprint density at radius 2 is 1.88 bits per heavy atom. The van der Waals surface area contributed by atoms with Gasteiger partial charge >= 0.3 is 0 Å². The van der Waals surface area contributed by atoms with Crippen LogP contribution in [0.4, 0.5) is 4.39 Å². The molecule has 33 heavy (non-hydrogen) atoms. The third kappa shape index (κ3) is 4.08. The fourth-order valence-corrected chi connectivity index (χ4v) is 3.78. The van der Waals surface area contributed by atoms with E-state index in [2.05, 4.69) is 15.3 Å². The van der Waals surface area contributed by atoms with Crippen LogP contribution in [-0.4, -0.2) is 25.7 Å². The topological polar surface area (TPSA) is 72.7 Å². The molecule has 7 heteroatoms. The van der Waals surface area contributed by atoms with Gasteiger partial charge < -0.3 is 5.32 Å². The Kier molecular flexibility index (Phi) is 5.36. The Balaban J connectivity index is 1.62. The van der Waals surface area contributed by atoms with Gasteiger partial charge in [-0.2, -0.15) is 5.10 Å². The molecule has 0 aliphatic rings. The SMILES string of the molecule is Cc1cc(C(=O)NCc2cccnc2)nc2c1c(-c1ccccc1)nn2-c1cccc(F)c1. The van der Waals surface area contributed by atoms with Gasteiger partial charge in [-0.05, 0) is 48.4 Å². The lowest BCUT2D eigenvalue weighted by Gasteiger charge is -2.08. The number of hydrogen-bond acceptors (Lipinski definition) is 4. The molecule has 0 bridgehead atoms. The van der Waals surface area contributed by atoms with Crippen LogP contribution in [-0.2, 0) is 6.54 Å². The minimum Gasteiger partial charge on any atom is -0.347 e. The summed E-state index contributed by atoms with van der Waals surface area (Å²) in [5, 5.41) is 8.47. The van der Waals surface area contributed by atoms with Crippen LogP contribution in [0.5, 0.6) is 0 Å². The number of carbonyl (C=O) groups is 1. The first-order valence-electron chi connectivity index (χ1n) is 10.5. The fraction of sp³-hybridized carbons (Fsp3) is 0.0769. The summed E-state index contributed by atoms with van der Waals surface area (Å²) in [5.74, 6) is -0.684. The van der Waals surface area contributed by atoms with Gasteiger partial charge in [-0.3, -0.25) is 9.78 Å². The molecule has 3 heterocycles. The molecule has 162 valence electrons. The minimum absolute atomic E-state index is 0.265. The number of aryl methyl sites for hydroxylation is 1. The van der Waals surface area contributed by atoms with Gasteiger partial charge in [0.1, 0.15) is 17.2 Å². The van der Waals surface area contributed by atoms with E-state index in [1.54, 1.807) is 35.3 Å². The van der Waals surface area contributed by atoms with Crippen molar-refractivity contribution in [3.05, 3.63) is 108 Å². The monoisotopic (exact) mass is 437 g/mol. The zero-order chi connectivity index (χ0) is 22.8. The largest absolute Gasteiger partial charge is 0.347 e. The second-order valence-corrected chi connectivity index (χ2v) is 7.67. The molecular weight excluding hydrogens is 417 g/mol. The second-order valence-electron chi connectivity index (χ2n) is 7.67. The van der Waals surface area contributed by atoms with Crippen LogP contribution < -0.4 is 5.32 Å². The van der Waals surface area contributed by atoms with E-state index < -0.39 is 0 Å². The number of rotatable bonds is 5. The molecule has 2 aromatic carbocycles. The predicted octanol–water partition coefficient (Wildman–Crippen LogP) is 4.86. The fourth-order valence-electron chi connectivity index (χ4n) is 3.78. The first kappa shape index (κ1) is 20.5. The number of benzene rings is 2. The van der Waals surface area contributed by atoms with Crippen LogP contribution in [0, 0.1) is 12.7 Å². The zero-order valence-electron chi connectivity index (χ0n) is 17.9. The van der Waals surface area contributed by atoms with Crippen LogP contribution in [0.15, 0.2) is 85.2 Å². The van der Waals surface area contributed by atoms with E-state index in [0.717, 1.165) is 27.8 Å². The van der Waals surface area contributed by atoms with E-state index in [0.29, 0.717) is 17.9 Å². The molecule has 0 spiro atoms. The van der Waals surface area contributed by atoms with E-state index >= 15 is 0 Å². The number of carbonyl (C=O) groups excluding carboxylic acids is 1. The second kappa shape index (κ2) is 8.63. The molecule has 0 saturated carbocycles. The van der Waals surface area contributed by atoms with Crippen molar-refractivity contribution in [3.8, 4) is 16.9 Å². The van der Waals surface area contributed by atoms with Gasteiger partial charge in [0, 0.05) is 24.5 Å². The molecular formula is C26H20FN5O. The van der Waals surface area contributed by atoms with E-state index in [4.69, 9.17) is 5.10 Å². The van der Waals surface area contributed by atoms with Crippen molar-refractivity contribution < 1.29 is 9.18 Å². The van der Waals surface area contributed by atoms with Gasteiger partial charge in [-0.15, -0.1) is 0 Å². The van der Waals surface area contributed by atoms with Crippen molar-refractivity contribution in [3.63, 3.8) is 0 Å². The summed E-state index contributed by atoms with van der Waals surface area (Å²) >= 11 is 0. The van der Waals surface area contributed by atoms with Gasteiger partial charge in [0.05, 0.1) is 11.1 Å². The molecule has 6 nitrogen and oxygen atoms in total. The van der Waals surface area contributed by atoms with E-state index in [1.807, 2.05) is 49.4 Å². The molecule has 0 saturated heterocycles. The van der Waals surface area contributed by atoms with E-state index in [1.165, 1.54) is 12.1 Å². The summed E-state index contributed by atoms with van der Waals surface area (Å²) < 4.78 is 15.6. The molecule has 1 N–H and O–H groups in total. The summed E-state index contributed by atoms with van der Waals surface area (Å²) in [5.41, 5.74) is 4.67. The molecule has 5 rings (SSSR count). The number of nitrogens with one attached hydrogen (secondary N) is 1. The molecule has 3 aromatic heterocycles. The molecule has 5 aromatic rings. The standard InChI is InChI=1S/C26H20FN5O/c1-17-13-22(26(33)29-16-18-7-6-12-28-15-18)30-25-23(17)24(19-8-3-2-4-9-19)31-32(25)21-11-5-10-20(27)14-21/h2-15H,16H2,1H3,(H,29,33). The molecule has 0 fully saturated rings. The van der Waals surface area contributed by atoms with Crippen molar-refractivity contribution in [1.29, 1.82) is 0 Å². The highest BCUT2D eigenvalue weighted by Gasteiger charge is 2.20. The number of aromatic nitrogens is 4. The average Bonchev–Trinajstić information content (AvgIpc) is 3.24. The lowest BCUT2D eigenvalue weighted by molar-refractivity contribution is 0.0946. The van der Waals surface area contributed by atoms with Gasteiger partial charge in [-0.1, -0.05) is 42.5 Å². The number of pyridine rings is 2. The lowest BCUT2D eigenvalue weighted by atomic mass is 10.1. The number of nitrogens with zero attached hydrogens (tertiary/aromatic N) is 4. The van der Waals surface area contributed by atoms with Crippen molar-refractivity contribution in [2.45, 2.75) is 13.5 Å². The lowest BCUT2D eigenvalue weighted by Crippen LogP contribution is -2.24. The third-order valence-corrected chi connectivity index (χ3v) is 5.34. The van der Waals surface area contributed by atoms with Crippen molar-refractivity contribution in [1.82, 2.24) is 25.1 Å². The molecule has 0 unspecified atom stereocenters. The Hall–Kier alpha value is -4.39. The first-order valence-corrected chi connectivity index (χ1v) is 10.5. The quantitative estimate of drug-likeness (QED) is 0.426. The van der Waals surface area contributed by atoms with Crippen LogP contribution in [0.2, 0.25) is 0 Å². The smallest absolute Gasteiger partial charge is 0.270 e. The maximum atomic E-state index is 14.0. The predicted molar refractivity (Wildman–Crippen MR) is 124 cm³/mol. The molecule has 0 aliphatic carbocycles. The minimum atomic E-state index is -0.375. The highest BCUT2D eigenvalue weighted by molar-refractivity contribution is 5.99. The molecule has 0 radical (unpaired) electrons. The maximum Gasteiger partial charge on any atom is 0.270 e. The first-order chi connectivity index (χ1) is 16.1. The number of hydrogen-bond donors (Lipinski definition) is 1. The number of fused-ring (bicyclic) bond motifs is 1. The Morgan fingerprint density at radius 1 is 1.03 bits per heavy atom. The number of amides is 1. The van der Waals surface area contributed by atoms with Gasteiger partial charge in [-0.25, -0.2) is 14.1 Å². The Labute approximate surface area is 189 Å². The summed E-state index contributed by atoms with van der Waals surface area (Å²) in [6.45, 7) is 2.26. The summed E-state index contributed by atoms with van der Waals surface area (Å²) in [6.07, 6.45) is 3.38. The van der Waals surface area contributed by atoms with Gasteiger partial charge in [0.25, 0.3) is 5.91 Å². The highest BCUT2D eigenvalue weighted by atomic mass is 19.1. The number of halogens is 1. The van der Waals surface area contributed by atoms with Crippen molar-refractivity contribution in [2.24, 2.45) is 0 Å². The van der Waals surface area contributed by atoms with Gasteiger partial charge in [0.15, 0.2) is 5.65 Å². The normalized spacial score (nSPS) is 11.0. The van der Waals surface area contributed by atoms with Crippen molar-refractivity contribution >= 4 is 16.9 Å². The van der Waals surface area contributed by atoms with Crippen LogP contribution in [0.25, 0.3) is 28.0 Å². The summed E-state index contributed by atoms with van der Waals surface area (Å²) in [4.78, 5) is 21.6. The zero-order valence-corrected chi connectivity index (χ0v) is 17.9. The van der Waals surface area contributed by atoms with Crippen molar-refractivity contribution in [2.75, 3.05) is 0 Å². The molecule has 0 atom stereocenters. The Bertz CT molecular complexity index is 1450. The van der Waals surface area contributed by atoms with E-state index in [9.17, 15) is 9.18 Å². The maximum absolute atomic E-state index is 14.0. The van der Waals surface area contributed by atoms with Crippen LogP contribution in [0.1, 0.15) is 21.6 Å². The van der Waals surface area contributed by atoms with Crippen LogP contribution >= 0.6 is 0 Å².